The van der Waals surface area contributed by atoms with E-state index < -0.39 is 0 Å². The third-order valence-electron chi connectivity index (χ3n) is 3.25. The van der Waals surface area contributed by atoms with Crippen molar-refractivity contribution in [3.8, 4) is 5.75 Å². The minimum absolute atomic E-state index is 0.0259. The highest BCUT2D eigenvalue weighted by atomic mass is 16.5. The molecule has 136 valence electrons. The van der Waals surface area contributed by atoms with Gasteiger partial charge in [0.05, 0.1) is 0 Å². The molecule has 2 N–H and O–H groups in total. The van der Waals surface area contributed by atoms with E-state index in [0.717, 1.165) is 18.5 Å². The van der Waals surface area contributed by atoms with E-state index in [-0.39, 0.29) is 18.1 Å². The summed E-state index contributed by atoms with van der Waals surface area (Å²) in [5.74, 6) is 1.12. The molecule has 1 amide bonds. The Balaban J connectivity index is 1.96. The highest BCUT2D eigenvalue weighted by Crippen LogP contribution is 2.19. The second-order valence-corrected chi connectivity index (χ2v) is 6.77. The summed E-state index contributed by atoms with van der Waals surface area (Å²) >= 11 is 0. The Hall–Kier alpha value is -2.64. The first-order valence-corrected chi connectivity index (χ1v) is 8.41. The fourth-order valence-electron chi connectivity index (χ4n) is 2.26. The normalized spacial score (nSPS) is 11.2. The first kappa shape index (κ1) is 18.7. The van der Waals surface area contributed by atoms with Crippen LogP contribution in [-0.4, -0.2) is 38.3 Å². The maximum Gasteiger partial charge on any atom is 0.258 e. The molecule has 0 bridgehead atoms. The lowest BCUT2D eigenvalue weighted by Crippen LogP contribution is -2.43. The molecular formula is C17H26N6O2. The highest BCUT2D eigenvalue weighted by Gasteiger charge is 2.15. The molecule has 1 heterocycles. The smallest absolute Gasteiger partial charge is 0.258 e. The molecular weight excluding hydrogens is 320 g/mol. The fraction of sp³-hybridized carbons (Fsp3) is 0.529. The van der Waals surface area contributed by atoms with Gasteiger partial charge in [-0.25, -0.2) is 4.68 Å². The second kappa shape index (κ2) is 8.46. The predicted molar refractivity (Wildman–Crippen MR) is 95.3 cm³/mol. The number of hydrogen-bond donors (Lipinski definition) is 2. The third kappa shape index (κ3) is 6.06. The van der Waals surface area contributed by atoms with Gasteiger partial charge in [-0.2, -0.15) is 0 Å². The monoisotopic (exact) mass is 346 g/mol. The number of hydrogen-bond acceptors (Lipinski definition) is 6. The lowest BCUT2D eigenvalue weighted by atomic mass is 10.1. The van der Waals surface area contributed by atoms with Crippen molar-refractivity contribution in [3.63, 3.8) is 0 Å². The molecule has 0 radical (unpaired) electrons. The van der Waals surface area contributed by atoms with Crippen molar-refractivity contribution in [2.75, 3.05) is 11.9 Å². The van der Waals surface area contributed by atoms with Crippen LogP contribution >= 0.6 is 0 Å². The van der Waals surface area contributed by atoms with Gasteiger partial charge in [0.25, 0.3) is 5.91 Å². The summed E-state index contributed by atoms with van der Waals surface area (Å²) in [7, 11) is 0. The van der Waals surface area contributed by atoms with Crippen LogP contribution in [-0.2, 0) is 17.9 Å². The lowest BCUT2D eigenvalue weighted by Gasteiger charge is -2.20. The molecule has 0 fully saturated rings. The molecule has 25 heavy (non-hydrogen) atoms. The van der Waals surface area contributed by atoms with Crippen molar-refractivity contribution in [2.45, 2.75) is 52.7 Å². The van der Waals surface area contributed by atoms with Gasteiger partial charge in [-0.1, -0.05) is 30.2 Å². The molecule has 0 aliphatic carbocycles. The molecule has 0 aliphatic heterocycles. The van der Waals surface area contributed by atoms with E-state index in [1.54, 1.807) is 4.68 Å². The van der Waals surface area contributed by atoms with Crippen LogP contribution in [0, 0.1) is 0 Å². The Morgan fingerprint density at radius 3 is 2.76 bits per heavy atom. The fourth-order valence-corrected chi connectivity index (χ4v) is 2.26. The Kier molecular flexibility index (Phi) is 6.32. The van der Waals surface area contributed by atoms with E-state index in [9.17, 15) is 4.79 Å². The summed E-state index contributed by atoms with van der Waals surface area (Å²) in [5, 5.41) is 17.7. The number of ether oxygens (including phenoxy) is 1. The molecule has 1 aromatic carbocycles. The van der Waals surface area contributed by atoms with Crippen LogP contribution in [0.25, 0.3) is 0 Å². The van der Waals surface area contributed by atoms with Crippen LogP contribution in [0.5, 0.6) is 5.75 Å². The molecule has 2 aromatic rings. The van der Waals surface area contributed by atoms with Gasteiger partial charge in [-0.05, 0) is 43.7 Å². The molecule has 0 saturated heterocycles. The number of nitrogens with zero attached hydrogens (tertiary/aromatic N) is 4. The maximum atomic E-state index is 11.9. The van der Waals surface area contributed by atoms with Gasteiger partial charge < -0.3 is 15.4 Å². The van der Waals surface area contributed by atoms with Crippen molar-refractivity contribution in [1.82, 2.24) is 25.5 Å². The van der Waals surface area contributed by atoms with E-state index >= 15 is 0 Å². The molecule has 1 aromatic heterocycles. The van der Waals surface area contributed by atoms with E-state index in [4.69, 9.17) is 4.74 Å². The van der Waals surface area contributed by atoms with Crippen molar-refractivity contribution >= 4 is 11.9 Å². The predicted octanol–water partition coefficient (Wildman–Crippen LogP) is 1.99. The largest absolute Gasteiger partial charge is 0.483 e. The van der Waals surface area contributed by atoms with Gasteiger partial charge in [0, 0.05) is 24.2 Å². The molecule has 0 unspecified atom stereocenters. The molecule has 0 atom stereocenters. The van der Waals surface area contributed by atoms with Gasteiger partial charge in [-0.3, -0.25) is 4.79 Å². The molecule has 0 spiro atoms. The van der Waals surface area contributed by atoms with Crippen molar-refractivity contribution in [3.05, 3.63) is 29.8 Å². The number of benzene rings is 1. The molecule has 2 rings (SSSR count). The van der Waals surface area contributed by atoms with Gasteiger partial charge in [0.2, 0.25) is 5.95 Å². The zero-order valence-corrected chi connectivity index (χ0v) is 15.2. The zero-order valence-electron chi connectivity index (χ0n) is 15.2. The van der Waals surface area contributed by atoms with Crippen LogP contribution in [0.15, 0.2) is 24.3 Å². The number of nitrogens with one attached hydrogen (secondary N) is 2. The summed E-state index contributed by atoms with van der Waals surface area (Å²) in [4.78, 5) is 11.9. The number of rotatable bonds is 8. The van der Waals surface area contributed by atoms with Crippen LogP contribution in [0.3, 0.4) is 0 Å². The summed E-state index contributed by atoms with van der Waals surface area (Å²) in [6.45, 7) is 9.09. The first-order valence-electron chi connectivity index (χ1n) is 8.41. The average molecular weight is 346 g/mol. The lowest BCUT2D eigenvalue weighted by molar-refractivity contribution is -0.124. The Labute approximate surface area is 147 Å². The number of anilines is 1. The Morgan fingerprint density at radius 1 is 1.28 bits per heavy atom. The number of para-hydroxylation sites is 1. The third-order valence-corrected chi connectivity index (χ3v) is 3.25. The van der Waals surface area contributed by atoms with Crippen molar-refractivity contribution in [1.29, 1.82) is 0 Å². The van der Waals surface area contributed by atoms with Crippen LogP contribution in [0.4, 0.5) is 5.95 Å². The van der Waals surface area contributed by atoms with Crippen molar-refractivity contribution in [2.24, 2.45) is 0 Å². The maximum absolute atomic E-state index is 11.9. The average Bonchev–Trinajstić information content (AvgIpc) is 2.98. The zero-order chi connectivity index (χ0) is 18.3. The number of amides is 1. The van der Waals surface area contributed by atoms with Gasteiger partial charge in [-0.15, -0.1) is 0 Å². The number of carbonyl (C=O) groups excluding carboxylic acids is 1. The van der Waals surface area contributed by atoms with Crippen LogP contribution < -0.4 is 15.4 Å². The topological polar surface area (TPSA) is 94.0 Å². The van der Waals surface area contributed by atoms with E-state index in [1.165, 1.54) is 0 Å². The number of carbonyl (C=O) groups is 1. The minimum atomic E-state index is -0.280. The summed E-state index contributed by atoms with van der Waals surface area (Å²) in [5.41, 5.74) is 0.648. The van der Waals surface area contributed by atoms with Gasteiger partial charge in [0.15, 0.2) is 6.61 Å². The molecule has 0 aliphatic rings. The SMILES string of the molecule is CCCn1nnnc1NCc1ccccc1OCC(=O)NC(C)(C)C. The van der Waals surface area contributed by atoms with Gasteiger partial charge >= 0.3 is 0 Å². The number of tetrazole rings is 1. The second-order valence-electron chi connectivity index (χ2n) is 6.77. The Morgan fingerprint density at radius 2 is 2.04 bits per heavy atom. The quantitative estimate of drug-likeness (QED) is 0.759. The summed E-state index contributed by atoms with van der Waals surface area (Å²) < 4.78 is 7.40. The highest BCUT2D eigenvalue weighted by molar-refractivity contribution is 5.78. The van der Waals surface area contributed by atoms with Crippen molar-refractivity contribution < 1.29 is 9.53 Å². The first-order chi connectivity index (χ1) is 11.9. The minimum Gasteiger partial charge on any atom is -0.483 e. The number of aromatic nitrogens is 4. The number of aryl methyl sites for hydroxylation is 1. The molecule has 8 nitrogen and oxygen atoms in total. The van der Waals surface area contributed by atoms with Gasteiger partial charge in [0.1, 0.15) is 5.75 Å². The van der Waals surface area contributed by atoms with E-state index in [0.29, 0.717) is 18.2 Å². The Bertz CT molecular complexity index is 692. The molecule has 8 heteroatoms. The standard InChI is InChI=1S/C17H26N6O2/c1-5-10-23-16(20-21-22-23)18-11-13-8-6-7-9-14(13)25-12-15(24)19-17(2,3)4/h6-9H,5,10-12H2,1-4H3,(H,19,24)(H,18,20,22). The molecule has 0 saturated carbocycles. The van der Waals surface area contributed by atoms with E-state index in [1.807, 2.05) is 45.0 Å². The van der Waals surface area contributed by atoms with E-state index in [2.05, 4.69) is 33.1 Å². The summed E-state index contributed by atoms with van der Waals surface area (Å²) in [6, 6.07) is 7.59. The van der Waals surface area contributed by atoms with Crippen LogP contribution in [0.2, 0.25) is 0 Å². The van der Waals surface area contributed by atoms with Crippen LogP contribution in [0.1, 0.15) is 39.7 Å². The summed E-state index contributed by atoms with van der Waals surface area (Å²) in [6.07, 6.45) is 0.947.